The van der Waals surface area contributed by atoms with E-state index in [1.165, 1.54) is 11.8 Å². The highest BCUT2D eigenvalue weighted by Crippen LogP contribution is 2.22. The fraction of sp³-hybridized carbons (Fsp3) is 0.444. The Morgan fingerprint density at radius 1 is 1.53 bits per heavy atom. The number of hydrogen-bond acceptors (Lipinski definition) is 5. The summed E-state index contributed by atoms with van der Waals surface area (Å²) >= 11 is 7.32. The first-order valence-electron chi connectivity index (χ1n) is 4.55. The summed E-state index contributed by atoms with van der Waals surface area (Å²) in [6, 6.07) is 0. The van der Waals surface area contributed by atoms with E-state index in [4.69, 9.17) is 17.3 Å². The van der Waals surface area contributed by atoms with E-state index < -0.39 is 0 Å². The second-order valence-corrected chi connectivity index (χ2v) is 3.98. The smallest absolute Gasteiger partial charge is 0.162 e. The number of rotatable bonds is 4. The van der Waals surface area contributed by atoms with Crippen molar-refractivity contribution in [1.82, 2.24) is 9.97 Å². The van der Waals surface area contributed by atoms with Gasteiger partial charge in [-0.05, 0) is 12.7 Å². The van der Waals surface area contributed by atoms with Crippen LogP contribution in [0.15, 0.2) is 10.0 Å². The quantitative estimate of drug-likeness (QED) is 0.652. The van der Waals surface area contributed by atoms with Gasteiger partial charge in [-0.15, -0.1) is 11.8 Å². The summed E-state index contributed by atoms with van der Waals surface area (Å²) < 4.78 is 0. The van der Waals surface area contributed by atoms with Gasteiger partial charge in [0.15, 0.2) is 11.0 Å². The summed E-state index contributed by atoms with van der Waals surface area (Å²) in [7, 11) is 0. The zero-order chi connectivity index (χ0) is 11.3. The van der Waals surface area contributed by atoms with Crippen LogP contribution in [0, 0.1) is 0 Å². The summed E-state index contributed by atoms with van der Waals surface area (Å²) in [6.07, 6.45) is 4.47. The highest BCUT2D eigenvalue weighted by atomic mass is 35.5. The van der Waals surface area contributed by atoms with E-state index >= 15 is 0 Å². The van der Waals surface area contributed by atoms with Gasteiger partial charge < -0.3 is 5.73 Å². The topological polar surface area (TPSA) is 64.2 Å². The number of anilines is 1. The van der Waals surface area contributed by atoms with Crippen LogP contribution in [0.25, 0.3) is 0 Å². The molecule has 0 aliphatic carbocycles. The largest absolute Gasteiger partial charge is 0.382 e. The molecule has 6 heteroatoms. The molecular formula is C9H13ClN4S. The molecule has 0 amide bonds. The molecule has 0 atom stereocenters. The molecule has 0 bridgehead atoms. The van der Waals surface area contributed by atoms with Crippen LogP contribution in [0.3, 0.4) is 0 Å². The van der Waals surface area contributed by atoms with E-state index in [2.05, 4.69) is 21.9 Å². The molecule has 1 aromatic rings. The van der Waals surface area contributed by atoms with Crippen LogP contribution in [0.2, 0.25) is 5.15 Å². The summed E-state index contributed by atoms with van der Waals surface area (Å²) in [4.78, 5) is 12.4. The molecule has 0 aliphatic rings. The lowest BCUT2D eigenvalue weighted by Gasteiger charge is -2.03. The van der Waals surface area contributed by atoms with Crippen molar-refractivity contribution >= 4 is 35.4 Å². The van der Waals surface area contributed by atoms with Crippen molar-refractivity contribution in [3.8, 4) is 0 Å². The van der Waals surface area contributed by atoms with Crippen LogP contribution in [-0.2, 0) is 0 Å². The maximum atomic E-state index is 5.90. The molecule has 1 heterocycles. The van der Waals surface area contributed by atoms with Gasteiger partial charge in [-0.1, -0.05) is 18.5 Å². The molecule has 0 aromatic carbocycles. The van der Waals surface area contributed by atoms with E-state index in [9.17, 15) is 0 Å². The monoisotopic (exact) mass is 244 g/mol. The van der Waals surface area contributed by atoms with Crippen molar-refractivity contribution in [1.29, 1.82) is 0 Å². The normalized spacial score (nSPS) is 11.1. The maximum Gasteiger partial charge on any atom is 0.162 e. The van der Waals surface area contributed by atoms with Gasteiger partial charge in [0, 0.05) is 6.54 Å². The van der Waals surface area contributed by atoms with E-state index in [-0.39, 0.29) is 0 Å². The minimum atomic E-state index is 0.364. The first kappa shape index (κ1) is 12.3. The van der Waals surface area contributed by atoms with Crippen molar-refractivity contribution in [2.24, 2.45) is 4.99 Å². The third-order valence-corrected chi connectivity index (χ3v) is 2.69. The molecule has 0 saturated heterocycles. The number of aromatic nitrogens is 2. The zero-order valence-electron chi connectivity index (χ0n) is 8.70. The lowest BCUT2D eigenvalue weighted by Crippen LogP contribution is -2.02. The Morgan fingerprint density at radius 3 is 2.87 bits per heavy atom. The molecule has 2 N–H and O–H groups in total. The Bertz CT molecular complexity index is 367. The maximum absolute atomic E-state index is 5.90. The van der Waals surface area contributed by atoms with Crippen LogP contribution in [0.5, 0.6) is 0 Å². The average molecular weight is 245 g/mol. The molecule has 4 nitrogen and oxygen atoms in total. The van der Waals surface area contributed by atoms with Crippen LogP contribution in [-0.4, -0.2) is 29.0 Å². The fourth-order valence-corrected chi connectivity index (χ4v) is 1.70. The zero-order valence-corrected chi connectivity index (χ0v) is 10.3. The standard InChI is InChI=1S/C9H13ClN4S/c1-3-4-12-5-6-8(11)14-9(15-2)7(10)13-6/h5H,3-4H2,1-2H3,(H2,11,14). The van der Waals surface area contributed by atoms with Crippen LogP contribution in [0.4, 0.5) is 5.82 Å². The average Bonchev–Trinajstić information content (AvgIpc) is 2.23. The number of hydrogen-bond donors (Lipinski definition) is 1. The molecule has 0 radical (unpaired) electrons. The second-order valence-electron chi connectivity index (χ2n) is 2.83. The number of nitrogens with zero attached hydrogens (tertiary/aromatic N) is 3. The highest BCUT2D eigenvalue weighted by molar-refractivity contribution is 7.98. The molecule has 82 valence electrons. The number of aliphatic imine (C=N–C) groups is 1. The Labute approximate surface area is 98.4 Å². The molecule has 0 unspecified atom stereocenters. The molecule has 0 fully saturated rings. The lowest BCUT2D eigenvalue weighted by atomic mass is 10.4. The third-order valence-electron chi connectivity index (χ3n) is 1.64. The predicted octanol–water partition coefficient (Wildman–Crippen LogP) is 2.26. The Kier molecular flexibility index (Phi) is 4.84. The Hall–Kier alpha value is -0.810. The van der Waals surface area contributed by atoms with Gasteiger partial charge in [0.25, 0.3) is 0 Å². The lowest BCUT2D eigenvalue weighted by molar-refractivity contribution is 0.935. The number of halogens is 1. The second kappa shape index (κ2) is 5.92. The van der Waals surface area contributed by atoms with E-state index in [0.29, 0.717) is 21.7 Å². The van der Waals surface area contributed by atoms with Crippen LogP contribution >= 0.6 is 23.4 Å². The summed E-state index contributed by atoms with van der Waals surface area (Å²) in [5.74, 6) is 0.364. The van der Waals surface area contributed by atoms with Gasteiger partial charge in [-0.2, -0.15) is 0 Å². The number of nitrogen functional groups attached to an aromatic ring is 1. The molecule has 0 aliphatic heterocycles. The molecule has 0 spiro atoms. The minimum Gasteiger partial charge on any atom is -0.382 e. The highest BCUT2D eigenvalue weighted by Gasteiger charge is 2.07. The third kappa shape index (κ3) is 3.35. The first-order chi connectivity index (χ1) is 7.19. The van der Waals surface area contributed by atoms with E-state index in [1.54, 1.807) is 6.21 Å². The van der Waals surface area contributed by atoms with Gasteiger partial charge >= 0.3 is 0 Å². The summed E-state index contributed by atoms with van der Waals surface area (Å²) in [5, 5.41) is 1.01. The van der Waals surface area contributed by atoms with E-state index in [0.717, 1.165) is 13.0 Å². The fourth-order valence-electron chi connectivity index (χ4n) is 0.929. The van der Waals surface area contributed by atoms with Crippen molar-refractivity contribution < 1.29 is 0 Å². The Balaban J connectivity index is 2.95. The number of nitrogens with two attached hydrogens (primary N) is 1. The SMILES string of the molecule is CCCN=Cc1nc(Cl)c(SC)nc1N. The van der Waals surface area contributed by atoms with Crippen molar-refractivity contribution in [2.75, 3.05) is 18.5 Å². The molecule has 1 rings (SSSR count). The summed E-state index contributed by atoms with van der Waals surface area (Å²) in [6.45, 7) is 2.80. The van der Waals surface area contributed by atoms with Crippen molar-refractivity contribution in [2.45, 2.75) is 18.4 Å². The van der Waals surface area contributed by atoms with Crippen LogP contribution in [0.1, 0.15) is 19.0 Å². The van der Waals surface area contributed by atoms with Gasteiger partial charge in [-0.3, -0.25) is 4.99 Å². The number of thioether (sulfide) groups is 1. The molecule has 15 heavy (non-hydrogen) atoms. The molecule has 0 saturated carbocycles. The summed E-state index contributed by atoms with van der Waals surface area (Å²) in [5.41, 5.74) is 6.24. The predicted molar refractivity (Wildman–Crippen MR) is 66.0 cm³/mol. The first-order valence-corrected chi connectivity index (χ1v) is 6.16. The van der Waals surface area contributed by atoms with E-state index in [1.807, 2.05) is 6.26 Å². The van der Waals surface area contributed by atoms with Crippen molar-refractivity contribution in [3.63, 3.8) is 0 Å². The van der Waals surface area contributed by atoms with Gasteiger partial charge in [0.1, 0.15) is 10.7 Å². The van der Waals surface area contributed by atoms with Gasteiger partial charge in [-0.25, -0.2) is 9.97 Å². The van der Waals surface area contributed by atoms with Gasteiger partial charge in [0.05, 0.1) is 6.21 Å². The Morgan fingerprint density at radius 2 is 2.27 bits per heavy atom. The van der Waals surface area contributed by atoms with Crippen LogP contribution < -0.4 is 5.73 Å². The molecular weight excluding hydrogens is 232 g/mol. The van der Waals surface area contributed by atoms with Crippen molar-refractivity contribution in [3.05, 3.63) is 10.8 Å². The minimum absolute atomic E-state index is 0.364. The molecule has 1 aromatic heterocycles. The van der Waals surface area contributed by atoms with Gasteiger partial charge in [0.2, 0.25) is 0 Å².